The van der Waals surface area contributed by atoms with Crippen LogP contribution >= 0.6 is 0 Å². The van der Waals surface area contributed by atoms with Crippen molar-refractivity contribution in [2.24, 2.45) is 23.7 Å². The minimum absolute atomic E-state index is 0.00469. The number of benzene rings is 8. The fraction of sp³-hybridized carbons (Fsp3) is 0.458. The first-order valence-corrected chi connectivity index (χ1v) is 43.9. The van der Waals surface area contributed by atoms with E-state index >= 15 is 0 Å². The number of halogens is 8. The molecule has 8 aromatic rings. The molecule has 8 aromatic carbocycles. The van der Waals surface area contributed by atoms with Gasteiger partial charge in [0.25, 0.3) is 0 Å². The number of aryl methyl sites for hydroxylation is 4. The first-order valence-electron chi connectivity index (χ1n) is 43.9. The van der Waals surface area contributed by atoms with Crippen LogP contribution in [0.1, 0.15) is 146 Å². The van der Waals surface area contributed by atoms with Crippen molar-refractivity contribution in [1.29, 1.82) is 0 Å². The number of aliphatic hydroxyl groups is 8. The Hall–Kier alpha value is -10.2. The number of aliphatic hydroxyl groups excluding tert-OH is 4. The Bertz CT molecular complexity index is 4850. The molecule has 0 unspecified atom stereocenters. The van der Waals surface area contributed by atoms with E-state index < -0.39 is 93.4 Å². The Morgan fingerprint density at radius 2 is 0.523 bits per heavy atom. The van der Waals surface area contributed by atoms with Crippen LogP contribution < -0.4 is 40.2 Å². The van der Waals surface area contributed by atoms with Crippen LogP contribution in [-0.4, -0.2) is 209 Å². The molecule has 128 heavy (non-hydrogen) atoms. The van der Waals surface area contributed by atoms with Crippen LogP contribution in [0.4, 0.5) is 57.9 Å². The molecule has 12 aliphatic rings. The topological polar surface area (TPSA) is 328 Å². The lowest BCUT2D eigenvalue weighted by Crippen LogP contribution is -2.36. The number of anilines is 4. The van der Waals surface area contributed by atoms with Crippen LogP contribution in [0.2, 0.25) is 0 Å². The van der Waals surface area contributed by atoms with E-state index in [0.29, 0.717) is 181 Å². The molecule has 0 aromatic heterocycles. The van der Waals surface area contributed by atoms with Crippen LogP contribution in [0.25, 0.3) is 0 Å². The molecule has 16 atom stereocenters. The fourth-order valence-electron chi connectivity index (χ4n) is 21.3. The van der Waals surface area contributed by atoms with Gasteiger partial charge in [-0.05, 0) is 169 Å². The lowest BCUT2D eigenvalue weighted by atomic mass is 9.95. The van der Waals surface area contributed by atoms with E-state index in [-0.39, 0.29) is 94.7 Å². The van der Waals surface area contributed by atoms with Gasteiger partial charge in [0.2, 0.25) is 46.9 Å². The number of rotatable bonds is 20. The number of nitrogens with one attached hydrogen (secondary N) is 4. The summed E-state index contributed by atoms with van der Waals surface area (Å²) in [6, 6.07) is 37.6. The van der Waals surface area contributed by atoms with Gasteiger partial charge in [-0.2, -0.15) is 17.6 Å². The molecule has 8 fully saturated rings. The third-order valence-corrected chi connectivity index (χ3v) is 27.7. The number of fused-ring (bicyclic) bond motifs is 8. The van der Waals surface area contributed by atoms with E-state index in [1.807, 2.05) is 92.4 Å². The van der Waals surface area contributed by atoms with Crippen LogP contribution in [0.15, 0.2) is 146 Å². The van der Waals surface area contributed by atoms with Crippen molar-refractivity contribution in [2.45, 2.75) is 174 Å². The number of likely N-dealkylation sites (tertiary alicyclic amines) is 4. The van der Waals surface area contributed by atoms with Gasteiger partial charge in [0.1, 0.15) is 24.4 Å². The SMILES string of the molecule is O=C1CCc2cc([C@@H](O)CN3C[C@@H]4C[C@@H](Oc5cccc(F)c5F)C[C@]4(O)C3)ccc2N1.O=C1CCc2cc([C@@H](O)CN3C[C@H]4C[C@H](Oc5cccc(F)c5F)C[C@@]4(O)C3)ccc2N1.O=C1CCc2cc([C@H](O)CN3C[C@@H]4C[C@@H](Oc5cccc(F)c5F)C[C@]4(O)C3)ccc2N1.O=C1CCc2cc([C@H](O)CN3C[C@H]4C[C@H](Oc5cccc(F)c5F)C[C@@]4(O)C3)ccc2N1. The normalized spacial score (nSPS) is 28.2. The number of hydrogen-bond acceptors (Lipinski definition) is 20. The predicted octanol–water partition coefficient (Wildman–Crippen LogP) is 11.1. The Balaban J connectivity index is 0.000000120. The van der Waals surface area contributed by atoms with Crippen molar-refractivity contribution < 1.29 is 114 Å². The summed E-state index contributed by atoms with van der Waals surface area (Å²) in [6.07, 6.45) is 3.47. The number of nitrogens with zero attached hydrogens (tertiary/aromatic N) is 4. The van der Waals surface area contributed by atoms with Gasteiger partial charge < -0.3 is 81.1 Å². The Morgan fingerprint density at radius 1 is 0.312 bits per heavy atom. The minimum atomic E-state index is -1.01. The van der Waals surface area contributed by atoms with Gasteiger partial charge in [-0.3, -0.25) is 38.8 Å². The van der Waals surface area contributed by atoms with Crippen molar-refractivity contribution >= 4 is 46.4 Å². The van der Waals surface area contributed by atoms with Crippen molar-refractivity contribution in [3.63, 3.8) is 0 Å². The number of hydrogen-bond donors (Lipinski definition) is 12. The number of amides is 4. The maximum Gasteiger partial charge on any atom is 0.224 e. The average molecular weight is 1780 g/mol. The zero-order valence-electron chi connectivity index (χ0n) is 70.2. The number of ether oxygens (including phenoxy) is 4. The van der Waals surface area contributed by atoms with E-state index in [4.69, 9.17) is 18.9 Å². The Morgan fingerprint density at radius 3 is 0.727 bits per heavy atom. The summed E-state index contributed by atoms with van der Waals surface area (Å²) in [5.74, 6) is -8.59. The highest BCUT2D eigenvalue weighted by Gasteiger charge is 2.57. The van der Waals surface area contributed by atoms with Crippen LogP contribution in [0.3, 0.4) is 0 Å². The molecule has 0 radical (unpaired) electrons. The first-order chi connectivity index (χ1) is 61.2. The molecular formula is C96H104F8N8O16. The van der Waals surface area contributed by atoms with Gasteiger partial charge in [0, 0.05) is 176 Å². The summed E-state index contributed by atoms with van der Waals surface area (Å²) in [4.78, 5) is 54.2. The van der Waals surface area contributed by atoms with Gasteiger partial charge in [0.05, 0.1) is 46.8 Å². The second-order valence-electron chi connectivity index (χ2n) is 36.8. The van der Waals surface area contributed by atoms with Crippen LogP contribution in [0, 0.1) is 70.2 Å². The maximum atomic E-state index is 13.9. The van der Waals surface area contributed by atoms with Crippen molar-refractivity contribution in [3.8, 4) is 23.0 Å². The molecule has 0 spiro atoms. The highest BCUT2D eigenvalue weighted by atomic mass is 19.2. The summed E-state index contributed by atoms with van der Waals surface area (Å²) < 4.78 is 132. The Kier molecular flexibility index (Phi) is 25.9. The third-order valence-electron chi connectivity index (χ3n) is 27.7. The molecule has 4 saturated carbocycles. The second-order valence-corrected chi connectivity index (χ2v) is 36.8. The molecule has 8 heterocycles. The molecule has 4 aliphatic carbocycles. The Labute approximate surface area is 733 Å². The molecule has 0 bridgehead atoms. The van der Waals surface area contributed by atoms with Gasteiger partial charge in [-0.25, -0.2) is 17.6 Å². The standard InChI is InChI=1S/4C24H26F2N2O4/c4*25-18-2-1-3-21(23(18)26)32-17-9-16-11-28(13-24(16,31)10-17)12-20(29)15-4-6-19-14(8-15)5-7-22(30)27-19/h4*1-4,6,8,16-17,20,29,31H,5,7,9-13H2,(H,27,30)/t2*16-,17+,20+,24-;2*16-,17+,20-,24-/m1010/s1. The summed E-state index contributed by atoms with van der Waals surface area (Å²) in [5, 5.41) is 99.0. The third kappa shape index (κ3) is 19.8. The van der Waals surface area contributed by atoms with Gasteiger partial charge >= 0.3 is 0 Å². The van der Waals surface area contributed by atoms with E-state index in [1.54, 1.807) is 0 Å². The van der Waals surface area contributed by atoms with Crippen molar-refractivity contribution in [3.05, 3.63) is 237 Å². The minimum Gasteiger partial charge on any atom is -0.487 e. The molecule has 20 rings (SSSR count). The van der Waals surface area contributed by atoms with Crippen molar-refractivity contribution in [2.75, 3.05) is 99.8 Å². The monoisotopic (exact) mass is 1780 g/mol. The van der Waals surface area contributed by atoms with E-state index in [0.717, 1.165) is 91.5 Å². The van der Waals surface area contributed by atoms with E-state index in [9.17, 15) is 95.2 Å². The zero-order chi connectivity index (χ0) is 89.8. The zero-order valence-corrected chi connectivity index (χ0v) is 70.2. The van der Waals surface area contributed by atoms with Gasteiger partial charge in [0.15, 0.2) is 46.3 Å². The quantitative estimate of drug-likeness (QED) is 0.0315. The van der Waals surface area contributed by atoms with E-state index in [1.165, 1.54) is 48.5 Å². The largest absolute Gasteiger partial charge is 0.487 e. The summed E-state index contributed by atoms with van der Waals surface area (Å²) >= 11 is 0. The molecule has 8 aliphatic heterocycles. The smallest absolute Gasteiger partial charge is 0.224 e. The molecule has 4 saturated heterocycles. The van der Waals surface area contributed by atoms with Gasteiger partial charge in [-0.15, -0.1) is 0 Å². The van der Waals surface area contributed by atoms with Crippen molar-refractivity contribution in [1.82, 2.24) is 19.6 Å². The second kappa shape index (κ2) is 37.0. The van der Waals surface area contributed by atoms with Crippen LogP contribution in [-0.2, 0) is 44.9 Å². The summed E-state index contributed by atoms with van der Waals surface area (Å²) in [7, 11) is 0. The van der Waals surface area contributed by atoms with E-state index in [2.05, 4.69) is 21.3 Å². The van der Waals surface area contributed by atoms with Crippen LogP contribution in [0.5, 0.6) is 23.0 Å². The average Bonchev–Trinajstić information content (AvgIpc) is 1.63. The maximum absolute atomic E-state index is 13.9. The summed E-state index contributed by atoms with van der Waals surface area (Å²) in [5.41, 5.74) is 6.47. The van der Waals surface area contributed by atoms with Gasteiger partial charge in [-0.1, -0.05) is 72.8 Å². The summed E-state index contributed by atoms with van der Waals surface area (Å²) in [6.45, 7) is 5.48. The fourth-order valence-corrected chi connectivity index (χ4v) is 21.3. The molecule has 24 nitrogen and oxygen atoms in total. The molecular weight excluding hydrogens is 1670 g/mol. The molecule has 4 amide bonds. The highest BCUT2D eigenvalue weighted by Crippen LogP contribution is 2.50. The molecule has 32 heteroatoms. The number of carbonyl (C=O) groups is 4. The first kappa shape index (κ1) is 89.8. The lowest BCUT2D eigenvalue weighted by Gasteiger charge is -2.25. The molecule has 680 valence electrons. The number of carbonyl (C=O) groups excluding carboxylic acids is 4. The highest BCUT2D eigenvalue weighted by molar-refractivity contribution is 5.96. The predicted molar refractivity (Wildman–Crippen MR) is 453 cm³/mol. The lowest BCUT2D eigenvalue weighted by molar-refractivity contribution is -0.117. The number of β-amino-alcohol motifs (C(OH)–C–C–N with tert-alkyl or cyclic N) is 8. The molecule has 12 N–H and O–H groups in total.